The van der Waals surface area contributed by atoms with E-state index in [-0.39, 0.29) is 12.0 Å². The Morgan fingerprint density at radius 2 is 2.31 bits per heavy atom. The molecule has 1 heterocycles. The lowest BCUT2D eigenvalue weighted by atomic mass is 10.1. The van der Waals surface area contributed by atoms with Crippen molar-refractivity contribution in [1.82, 2.24) is 0 Å². The van der Waals surface area contributed by atoms with Gasteiger partial charge in [-0.25, -0.2) is 4.39 Å². The zero-order valence-electron chi connectivity index (χ0n) is 9.66. The highest BCUT2D eigenvalue weighted by Gasteiger charge is 2.24. The van der Waals surface area contributed by atoms with Crippen LogP contribution in [0.1, 0.15) is 18.9 Å². The highest BCUT2D eigenvalue weighted by Crippen LogP contribution is 2.34. The number of thioether (sulfide) groups is 1. The number of halogens is 1. The quantitative estimate of drug-likeness (QED) is 0.823. The predicted molar refractivity (Wildman–Crippen MR) is 67.5 cm³/mol. The normalized spacial score (nSPS) is 16.4. The maximum absolute atomic E-state index is 13.6. The first-order valence-electron chi connectivity index (χ1n) is 5.56. The number of fused-ring (bicyclic) bond motifs is 1. The molecule has 0 aliphatic carbocycles. The van der Waals surface area contributed by atoms with Gasteiger partial charge in [0.15, 0.2) is 0 Å². The Morgan fingerprint density at radius 3 is 2.94 bits per heavy atom. The van der Waals surface area contributed by atoms with Crippen molar-refractivity contribution in [2.75, 3.05) is 17.7 Å². The van der Waals surface area contributed by atoms with Crippen molar-refractivity contribution in [3.05, 3.63) is 23.5 Å². The van der Waals surface area contributed by atoms with Gasteiger partial charge in [0.25, 0.3) is 0 Å². The standard InChI is InChI=1S/C12H17FN2S/c1-3-12(14)15-5-4-8-6-9(13)11(16-2)7-10(8)15/h6-7,12H,3-5,14H2,1-2H3. The number of rotatable bonds is 3. The summed E-state index contributed by atoms with van der Waals surface area (Å²) in [5.74, 6) is -0.113. The SMILES string of the molecule is CCC(N)N1CCc2cc(F)c(SC)cc21. The summed E-state index contributed by atoms with van der Waals surface area (Å²) < 4.78 is 13.6. The largest absolute Gasteiger partial charge is 0.356 e. The summed E-state index contributed by atoms with van der Waals surface area (Å²) in [5, 5.41) is 0. The van der Waals surface area contributed by atoms with E-state index in [9.17, 15) is 4.39 Å². The fourth-order valence-corrected chi connectivity index (χ4v) is 2.62. The third kappa shape index (κ3) is 1.92. The molecule has 16 heavy (non-hydrogen) atoms. The number of anilines is 1. The molecule has 0 amide bonds. The summed E-state index contributed by atoms with van der Waals surface area (Å²) in [7, 11) is 0. The van der Waals surface area contributed by atoms with Crippen molar-refractivity contribution in [1.29, 1.82) is 0 Å². The number of nitrogens with two attached hydrogens (primary N) is 1. The lowest BCUT2D eigenvalue weighted by molar-refractivity contribution is 0.599. The van der Waals surface area contributed by atoms with Crippen molar-refractivity contribution >= 4 is 17.4 Å². The molecule has 0 spiro atoms. The summed E-state index contributed by atoms with van der Waals surface area (Å²) in [6, 6.07) is 3.58. The average molecular weight is 240 g/mol. The van der Waals surface area contributed by atoms with Gasteiger partial charge in [-0.3, -0.25) is 0 Å². The molecule has 1 unspecified atom stereocenters. The highest BCUT2D eigenvalue weighted by molar-refractivity contribution is 7.98. The van der Waals surface area contributed by atoms with Crippen LogP contribution in [0.2, 0.25) is 0 Å². The number of nitrogens with zero attached hydrogens (tertiary/aromatic N) is 1. The monoisotopic (exact) mass is 240 g/mol. The Kier molecular flexibility index (Phi) is 3.40. The van der Waals surface area contributed by atoms with Gasteiger partial charge in [-0.2, -0.15) is 0 Å². The van der Waals surface area contributed by atoms with E-state index in [0.29, 0.717) is 4.90 Å². The molecule has 1 aromatic rings. The van der Waals surface area contributed by atoms with Gasteiger partial charge in [-0.1, -0.05) is 6.92 Å². The maximum atomic E-state index is 13.6. The van der Waals surface area contributed by atoms with Crippen LogP contribution in [-0.4, -0.2) is 19.0 Å². The zero-order chi connectivity index (χ0) is 11.7. The van der Waals surface area contributed by atoms with E-state index in [1.807, 2.05) is 12.3 Å². The van der Waals surface area contributed by atoms with Crippen LogP contribution < -0.4 is 10.6 Å². The molecule has 0 saturated carbocycles. The average Bonchev–Trinajstić information content (AvgIpc) is 2.69. The van der Waals surface area contributed by atoms with Crippen LogP contribution in [-0.2, 0) is 6.42 Å². The molecule has 2 rings (SSSR count). The molecule has 0 fully saturated rings. The van der Waals surface area contributed by atoms with E-state index < -0.39 is 0 Å². The summed E-state index contributed by atoms with van der Waals surface area (Å²) in [4.78, 5) is 2.88. The number of hydrogen-bond donors (Lipinski definition) is 1. The van der Waals surface area contributed by atoms with Gasteiger partial charge >= 0.3 is 0 Å². The summed E-state index contributed by atoms with van der Waals surface area (Å²) in [6.45, 7) is 2.98. The van der Waals surface area contributed by atoms with Crippen LogP contribution in [0.25, 0.3) is 0 Å². The maximum Gasteiger partial charge on any atom is 0.137 e. The van der Waals surface area contributed by atoms with Crippen LogP contribution in [0.4, 0.5) is 10.1 Å². The van der Waals surface area contributed by atoms with Crippen molar-refractivity contribution in [2.45, 2.75) is 30.8 Å². The van der Waals surface area contributed by atoms with E-state index in [1.54, 1.807) is 6.07 Å². The lowest BCUT2D eigenvalue weighted by Gasteiger charge is -2.26. The van der Waals surface area contributed by atoms with E-state index >= 15 is 0 Å². The molecule has 0 bridgehead atoms. The first-order chi connectivity index (χ1) is 7.67. The van der Waals surface area contributed by atoms with Crippen molar-refractivity contribution in [2.24, 2.45) is 5.73 Å². The summed E-state index contributed by atoms with van der Waals surface area (Å²) in [5.41, 5.74) is 8.24. The molecule has 1 atom stereocenters. The molecule has 2 N–H and O–H groups in total. The highest BCUT2D eigenvalue weighted by atomic mass is 32.2. The predicted octanol–water partition coefficient (Wildman–Crippen LogP) is 2.60. The van der Waals surface area contributed by atoms with Gasteiger partial charge < -0.3 is 10.6 Å². The molecule has 1 aliphatic rings. The van der Waals surface area contributed by atoms with Gasteiger partial charge in [0, 0.05) is 17.1 Å². The van der Waals surface area contributed by atoms with Gasteiger partial charge in [0.1, 0.15) is 5.82 Å². The molecule has 88 valence electrons. The van der Waals surface area contributed by atoms with Crippen LogP contribution >= 0.6 is 11.8 Å². The van der Waals surface area contributed by atoms with Crippen molar-refractivity contribution in [3.63, 3.8) is 0 Å². The lowest BCUT2D eigenvalue weighted by Crippen LogP contribution is -2.40. The van der Waals surface area contributed by atoms with E-state index in [4.69, 9.17) is 5.73 Å². The molecule has 0 aromatic heterocycles. The molecular weight excluding hydrogens is 223 g/mol. The minimum absolute atomic E-state index is 0.0430. The Morgan fingerprint density at radius 1 is 1.56 bits per heavy atom. The van der Waals surface area contributed by atoms with Crippen molar-refractivity contribution in [3.8, 4) is 0 Å². The first kappa shape index (κ1) is 11.7. The fourth-order valence-electron chi connectivity index (χ4n) is 2.13. The van der Waals surface area contributed by atoms with Gasteiger partial charge in [0.2, 0.25) is 0 Å². The second-order valence-corrected chi connectivity index (χ2v) is 4.88. The molecule has 0 saturated heterocycles. The van der Waals surface area contributed by atoms with Crippen LogP contribution in [0.3, 0.4) is 0 Å². The zero-order valence-corrected chi connectivity index (χ0v) is 10.5. The second kappa shape index (κ2) is 4.63. The van der Waals surface area contributed by atoms with Gasteiger partial charge in [0.05, 0.1) is 6.17 Å². The molecule has 1 aromatic carbocycles. The van der Waals surface area contributed by atoms with Gasteiger partial charge in [-0.15, -0.1) is 11.8 Å². The number of benzene rings is 1. The van der Waals surface area contributed by atoms with Crippen molar-refractivity contribution < 1.29 is 4.39 Å². The summed E-state index contributed by atoms with van der Waals surface area (Å²) >= 11 is 1.44. The van der Waals surface area contributed by atoms with Crippen LogP contribution in [0.5, 0.6) is 0 Å². The van der Waals surface area contributed by atoms with Gasteiger partial charge in [-0.05, 0) is 36.8 Å². The van der Waals surface area contributed by atoms with E-state index in [0.717, 1.165) is 30.6 Å². The van der Waals surface area contributed by atoms with Crippen LogP contribution in [0, 0.1) is 5.82 Å². The smallest absolute Gasteiger partial charge is 0.137 e. The molecule has 0 radical (unpaired) electrons. The fraction of sp³-hybridized carbons (Fsp3) is 0.500. The molecule has 2 nitrogen and oxygen atoms in total. The minimum atomic E-state index is -0.113. The Bertz CT molecular complexity index is 395. The number of hydrogen-bond acceptors (Lipinski definition) is 3. The van der Waals surface area contributed by atoms with Crippen LogP contribution in [0.15, 0.2) is 17.0 Å². The third-order valence-corrected chi connectivity index (χ3v) is 3.86. The van der Waals surface area contributed by atoms with E-state index in [1.165, 1.54) is 11.8 Å². The second-order valence-electron chi connectivity index (χ2n) is 4.03. The Labute approximate surface area is 100 Å². The molecule has 4 heteroatoms. The minimum Gasteiger partial charge on any atom is -0.356 e. The summed E-state index contributed by atoms with van der Waals surface area (Å²) in [6.07, 6.45) is 3.74. The Hall–Kier alpha value is -0.740. The molecule has 1 aliphatic heterocycles. The third-order valence-electron chi connectivity index (χ3n) is 3.10. The Balaban J connectivity index is 2.38. The topological polar surface area (TPSA) is 29.3 Å². The first-order valence-corrected chi connectivity index (χ1v) is 6.78. The van der Waals surface area contributed by atoms with E-state index in [2.05, 4.69) is 11.8 Å². The molecular formula is C12H17FN2S.